The lowest BCUT2D eigenvalue weighted by atomic mass is 10.3. The number of benzene rings is 1. The van der Waals surface area contributed by atoms with Crippen molar-refractivity contribution in [1.82, 2.24) is 19.7 Å². The highest BCUT2D eigenvalue weighted by Crippen LogP contribution is 2.26. The predicted octanol–water partition coefficient (Wildman–Crippen LogP) is 3.17. The Kier molecular flexibility index (Phi) is 3.60. The Morgan fingerprint density at radius 2 is 1.95 bits per heavy atom. The van der Waals surface area contributed by atoms with Gasteiger partial charge in [-0.1, -0.05) is 30.0 Å². The fourth-order valence-corrected chi connectivity index (χ4v) is 2.54. The second-order valence-corrected chi connectivity index (χ2v) is 5.02. The van der Waals surface area contributed by atoms with E-state index in [1.807, 2.05) is 30.3 Å². The molecule has 0 spiro atoms. The first-order valence-corrected chi connectivity index (χ1v) is 6.89. The third-order valence-corrected chi connectivity index (χ3v) is 3.69. The lowest BCUT2D eigenvalue weighted by Crippen LogP contribution is -1.98. The van der Waals surface area contributed by atoms with E-state index >= 15 is 0 Å². The molecule has 2 heterocycles. The molecule has 0 fully saturated rings. The van der Waals surface area contributed by atoms with Crippen LogP contribution in [0.2, 0.25) is 0 Å². The Hall–Kier alpha value is -2.02. The summed E-state index contributed by atoms with van der Waals surface area (Å²) in [6, 6.07) is 9.52. The summed E-state index contributed by atoms with van der Waals surface area (Å²) in [6.07, 6.45) is 0.613. The Balaban J connectivity index is 2.03. The number of alkyl halides is 2. The summed E-state index contributed by atoms with van der Waals surface area (Å²) in [7, 11) is 0. The molecule has 0 amide bonds. The van der Waals surface area contributed by atoms with E-state index in [1.165, 1.54) is 6.33 Å². The maximum Gasteiger partial charge on any atom is 0.247 e. The molecule has 3 aromatic rings. The van der Waals surface area contributed by atoms with E-state index in [1.54, 1.807) is 10.9 Å². The molecule has 0 saturated carbocycles. The smallest absolute Gasteiger partial charge is 0.229 e. The van der Waals surface area contributed by atoms with E-state index in [0.717, 1.165) is 17.4 Å². The quantitative estimate of drug-likeness (QED) is 0.547. The molecule has 20 heavy (non-hydrogen) atoms. The SMILES string of the molecule is FC(F)CSc1ncnc2c1cnn2-c1ccccc1. The van der Waals surface area contributed by atoms with Gasteiger partial charge in [-0.2, -0.15) is 5.10 Å². The number of aromatic nitrogens is 4. The van der Waals surface area contributed by atoms with Gasteiger partial charge >= 0.3 is 0 Å². The molecule has 0 radical (unpaired) electrons. The second-order valence-electron chi connectivity index (χ2n) is 4.01. The van der Waals surface area contributed by atoms with Gasteiger partial charge in [0.1, 0.15) is 11.4 Å². The van der Waals surface area contributed by atoms with Crippen LogP contribution in [0.3, 0.4) is 0 Å². The molecule has 7 heteroatoms. The minimum Gasteiger partial charge on any atom is -0.229 e. The lowest BCUT2D eigenvalue weighted by Gasteiger charge is -2.03. The molecule has 1 aromatic carbocycles. The van der Waals surface area contributed by atoms with E-state index in [2.05, 4.69) is 15.1 Å². The van der Waals surface area contributed by atoms with Crippen LogP contribution in [0.25, 0.3) is 16.7 Å². The van der Waals surface area contributed by atoms with E-state index < -0.39 is 6.43 Å². The van der Waals surface area contributed by atoms with Crippen LogP contribution in [-0.4, -0.2) is 31.9 Å². The zero-order chi connectivity index (χ0) is 13.9. The van der Waals surface area contributed by atoms with Crippen LogP contribution >= 0.6 is 11.8 Å². The van der Waals surface area contributed by atoms with Gasteiger partial charge in [-0.25, -0.2) is 23.4 Å². The van der Waals surface area contributed by atoms with Crippen LogP contribution in [0.5, 0.6) is 0 Å². The standard InChI is InChI=1S/C13H10F2N4S/c14-11(15)7-20-13-10-6-18-19(12(10)16-8-17-13)9-4-2-1-3-5-9/h1-6,8,11H,7H2. The Morgan fingerprint density at radius 3 is 2.70 bits per heavy atom. The van der Waals surface area contributed by atoms with Crippen LogP contribution in [-0.2, 0) is 0 Å². The van der Waals surface area contributed by atoms with Gasteiger partial charge in [0.25, 0.3) is 0 Å². The first-order chi connectivity index (χ1) is 9.75. The second kappa shape index (κ2) is 5.54. The van der Waals surface area contributed by atoms with Crippen molar-refractivity contribution in [3.8, 4) is 5.69 Å². The molecule has 102 valence electrons. The molecule has 0 bridgehead atoms. The lowest BCUT2D eigenvalue weighted by molar-refractivity contribution is 0.177. The number of nitrogens with zero attached hydrogens (tertiary/aromatic N) is 4. The first-order valence-electron chi connectivity index (χ1n) is 5.91. The molecule has 0 unspecified atom stereocenters. The monoisotopic (exact) mass is 292 g/mol. The number of rotatable bonds is 4. The van der Waals surface area contributed by atoms with E-state index in [-0.39, 0.29) is 5.75 Å². The normalized spacial score (nSPS) is 11.3. The van der Waals surface area contributed by atoms with Gasteiger partial charge in [-0.05, 0) is 12.1 Å². The molecule has 0 saturated heterocycles. The Bertz CT molecular complexity index is 715. The number of hydrogen-bond donors (Lipinski definition) is 0. The average molecular weight is 292 g/mol. The zero-order valence-electron chi connectivity index (χ0n) is 10.3. The molecule has 0 atom stereocenters. The summed E-state index contributed by atoms with van der Waals surface area (Å²) in [5, 5.41) is 5.47. The minimum atomic E-state index is -2.37. The van der Waals surface area contributed by atoms with Gasteiger partial charge in [-0.15, -0.1) is 0 Å². The number of halogens is 2. The largest absolute Gasteiger partial charge is 0.247 e. The zero-order valence-corrected chi connectivity index (χ0v) is 11.1. The summed E-state index contributed by atoms with van der Waals surface area (Å²) >= 11 is 1.01. The van der Waals surface area contributed by atoms with Gasteiger partial charge in [0.15, 0.2) is 5.65 Å². The van der Waals surface area contributed by atoms with E-state index in [0.29, 0.717) is 16.1 Å². The van der Waals surface area contributed by atoms with Crippen molar-refractivity contribution in [2.75, 3.05) is 5.75 Å². The fourth-order valence-electron chi connectivity index (χ4n) is 1.84. The molecule has 3 rings (SSSR count). The third kappa shape index (κ3) is 2.49. The van der Waals surface area contributed by atoms with E-state index in [4.69, 9.17) is 0 Å². The average Bonchev–Trinajstić information content (AvgIpc) is 2.90. The van der Waals surface area contributed by atoms with Gasteiger partial charge in [0.2, 0.25) is 6.43 Å². The van der Waals surface area contributed by atoms with E-state index in [9.17, 15) is 8.78 Å². The molecule has 0 aliphatic carbocycles. The Morgan fingerprint density at radius 1 is 1.15 bits per heavy atom. The molecule has 2 aromatic heterocycles. The highest BCUT2D eigenvalue weighted by atomic mass is 32.2. The fraction of sp³-hybridized carbons (Fsp3) is 0.154. The molecular weight excluding hydrogens is 282 g/mol. The summed E-state index contributed by atoms with van der Waals surface area (Å²) in [5.74, 6) is -0.289. The van der Waals surface area contributed by atoms with Crippen LogP contribution in [0.4, 0.5) is 8.78 Å². The molecule has 0 aliphatic heterocycles. The summed E-state index contributed by atoms with van der Waals surface area (Å²) in [4.78, 5) is 8.24. The number of thioether (sulfide) groups is 1. The maximum absolute atomic E-state index is 12.3. The highest BCUT2D eigenvalue weighted by Gasteiger charge is 2.13. The topological polar surface area (TPSA) is 43.6 Å². The Labute approximate surface area is 117 Å². The van der Waals surface area contributed by atoms with Gasteiger partial charge in [0, 0.05) is 0 Å². The van der Waals surface area contributed by atoms with Crippen molar-refractivity contribution >= 4 is 22.8 Å². The van der Waals surface area contributed by atoms with Gasteiger partial charge in [0.05, 0.1) is 23.0 Å². The van der Waals surface area contributed by atoms with Crippen molar-refractivity contribution in [3.05, 3.63) is 42.9 Å². The van der Waals surface area contributed by atoms with Crippen LogP contribution in [0, 0.1) is 0 Å². The van der Waals surface area contributed by atoms with Crippen LogP contribution in [0.1, 0.15) is 0 Å². The van der Waals surface area contributed by atoms with Crippen molar-refractivity contribution in [3.63, 3.8) is 0 Å². The molecule has 4 nitrogen and oxygen atoms in total. The van der Waals surface area contributed by atoms with Crippen molar-refractivity contribution in [2.45, 2.75) is 11.5 Å². The first kappa shape index (κ1) is 13.0. The summed E-state index contributed by atoms with van der Waals surface area (Å²) in [5.41, 5.74) is 1.48. The van der Waals surface area contributed by atoms with Crippen molar-refractivity contribution in [1.29, 1.82) is 0 Å². The highest BCUT2D eigenvalue weighted by molar-refractivity contribution is 7.99. The van der Waals surface area contributed by atoms with Gasteiger partial charge in [-0.3, -0.25) is 0 Å². The summed E-state index contributed by atoms with van der Waals surface area (Å²) < 4.78 is 26.3. The van der Waals surface area contributed by atoms with Crippen LogP contribution in [0.15, 0.2) is 47.9 Å². The minimum absolute atomic E-state index is 0.289. The predicted molar refractivity (Wildman–Crippen MR) is 73.4 cm³/mol. The molecule has 0 N–H and O–H groups in total. The maximum atomic E-state index is 12.3. The van der Waals surface area contributed by atoms with Gasteiger partial charge < -0.3 is 0 Å². The van der Waals surface area contributed by atoms with Crippen LogP contribution < -0.4 is 0 Å². The van der Waals surface area contributed by atoms with Crippen molar-refractivity contribution in [2.24, 2.45) is 0 Å². The third-order valence-electron chi connectivity index (χ3n) is 2.68. The number of fused-ring (bicyclic) bond motifs is 1. The number of para-hydroxylation sites is 1. The molecule has 0 aliphatic rings. The number of hydrogen-bond acceptors (Lipinski definition) is 4. The van der Waals surface area contributed by atoms with Crippen molar-refractivity contribution < 1.29 is 8.78 Å². The molecular formula is C13H10F2N4S. The summed E-state index contributed by atoms with van der Waals surface area (Å²) in [6.45, 7) is 0.